The number of aliphatic hydroxyl groups is 1. The van der Waals surface area contributed by atoms with Crippen molar-refractivity contribution in [3.8, 4) is 12.1 Å². The molecule has 0 saturated carbocycles. The van der Waals surface area contributed by atoms with E-state index in [0.717, 1.165) is 11.1 Å². The van der Waals surface area contributed by atoms with Gasteiger partial charge >= 0.3 is 0 Å². The largest absolute Gasteiger partial charge is 0.510 e. The van der Waals surface area contributed by atoms with Crippen LogP contribution in [-0.2, 0) is 12.8 Å². The van der Waals surface area contributed by atoms with Gasteiger partial charge in [0.05, 0.1) is 0 Å². The predicted molar refractivity (Wildman–Crippen MR) is 62.8 cm³/mol. The molecule has 0 aromatic heterocycles. The van der Waals surface area contributed by atoms with Crippen LogP contribution in [0.3, 0.4) is 0 Å². The zero-order chi connectivity index (χ0) is 13.1. The van der Waals surface area contributed by atoms with Gasteiger partial charge in [-0.1, -0.05) is 6.07 Å². The highest BCUT2D eigenvalue weighted by Crippen LogP contribution is 2.30. The predicted octanol–water partition coefficient (Wildman–Crippen LogP) is 2.79. The van der Waals surface area contributed by atoms with E-state index in [1.807, 2.05) is 0 Å². The second-order valence-corrected chi connectivity index (χ2v) is 4.34. The van der Waals surface area contributed by atoms with Crippen LogP contribution in [0.25, 0.3) is 0 Å². The average Bonchev–Trinajstić information content (AvgIpc) is 2.39. The van der Waals surface area contributed by atoms with Gasteiger partial charge in [0, 0.05) is 5.92 Å². The summed E-state index contributed by atoms with van der Waals surface area (Å²) in [4.78, 5) is 0. The number of rotatable bonds is 1. The minimum Gasteiger partial charge on any atom is -0.510 e. The lowest BCUT2D eigenvalue weighted by Crippen LogP contribution is -2.17. The SMILES string of the molecule is N#CC(C#N)=C(O)C1CCc2cc(F)ccc2C1. The van der Waals surface area contributed by atoms with Gasteiger partial charge in [0.25, 0.3) is 0 Å². The van der Waals surface area contributed by atoms with E-state index in [9.17, 15) is 9.50 Å². The third-order valence-corrected chi connectivity index (χ3v) is 3.26. The first kappa shape index (κ1) is 12.1. The zero-order valence-corrected chi connectivity index (χ0v) is 9.65. The molecule has 1 atom stereocenters. The number of hydrogen-bond acceptors (Lipinski definition) is 3. The Morgan fingerprint density at radius 3 is 2.67 bits per heavy atom. The van der Waals surface area contributed by atoms with Crippen LogP contribution in [0.4, 0.5) is 4.39 Å². The highest BCUT2D eigenvalue weighted by Gasteiger charge is 2.24. The van der Waals surface area contributed by atoms with Gasteiger partial charge < -0.3 is 5.11 Å². The summed E-state index contributed by atoms with van der Waals surface area (Å²) in [6, 6.07) is 7.97. The molecule has 3 nitrogen and oxygen atoms in total. The van der Waals surface area contributed by atoms with Crippen LogP contribution in [0.15, 0.2) is 29.5 Å². The van der Waals surface area contributed by atoms with Crippen molar-refractivity contribution in [1.29, 1.82) is 10.5 Å². The first-order valence-corrected chi connectivity index (χ1v) is 5.66. The van der Waals surface area contributed by atoms with Gasteiger partial charge in [0.2, 0.25) is 0 Å². The first-order valence-electron chi connectivity index (χ1n) is 5.66. The fraction of sp³-hybridized carbons (Fsp3) is 0.286. The molecule has 1 aliphatic rings. The number of allylic oxidation sites excluding steroid dienone is 2. The highest BCUT2D eigenvalue weighted by atomic mass is 19.1. The zero-order valence-electron chi connectivity index (χ0n) is 9.65. The Hall–Kier alpha value is -2.33. The van der Waals surface area contributed by atoms with E-state index in [0.29, 0.717) is 19.3 Å². The Balaban J connectivity index is 2.29. The molecule has 1 aliphatic carbocycles. The van der Waals surface area contributed by atoms with Crippen molar-refractivity contribution in [3.05, 3.63) is 46.5 Å². The summed E-state index contributed by atoms with van der Waals surface area (Å²) in [6.07, 6.45) is 1.80. The molecule has 1 aromatic carbocycles. The standard InChI is InChI=1S/C14H11FN2O/c15-13-4-3-9-5-11(2-1-10(9)6-13)14(18)12(7-16)8-17/h3-4,6,11,18H,1-2,5H2. The lowest BCUT2D eigenvalue weighted by atomic mass is 9.82. The highest BCUT2D eigenvalue weighted by molar-refractivity contribution is 5.40. The van der Waals surface area contributed by atoms with Crippen LogP contribution < -0.4 is 0 Å². The molecule has 4 heteroatoms. The monoisotopic (exact) mass is 242 g/mol. The Kier molecular flexibility index (Phi) is 3.30. The van der Waals surface area contributed by atoms with Crippen molar-refractivity contribution in [2.75, 3.05) is 0 Å². The smallest absolute Gasteiger partial charge is 0.167 e. The quantitative estimate of drug-likeness (QED) is 0.608. The Labute approximate surface area is 104 Å². The van der Waals surface area contributed by atoms with Gasteiger partial charge in [-0.3, -0.25) is 0 Å². The fourth-order valence-corrected chi connectivity index (χ4v) is 2.30. The summed E-state index contributed by atoms with van der Waals surface area (Å²) < 4.78 is 13.0. The van der Waals surface area contributed by atoms with E-state index < -0.39 is 0 Å². The molecule has 0 fully saturated rings. The summed E-state index contributed by atoms with van der Waals surface area (Å²) in [5.74, 6) is -0.631. The lowest BCUT2D eigenvalue weighted by molar-refractivity contribution is 0.308. The molecule has 1 unspecified atom stereocenters. The van der Waals surface area contributed by atoms with Crippen LogP contribution in [-0.4, -0.2) is 5.11 Å². The molecule has 0 bridgehead atoms. The molecule has 2 rings (SSSR count). The maximum Gasteiger partial charge on any atom is 0.167 e. The molecular weight excluding hydrogens is 231 g/mol. The van der Waals surface area contributed by atoms with E-state index in [1.165, 1.54) is 12.1 Å². The van der Waals surface area contributed by atoms with Crippen molar-refractivity contribution in [3.63, 3.8) is 0 Å². The Bertz CT molecular complexity index is 577. The maximum absolute atomic E-state index is 13.0. The number of aryl methyl sites for hydroxylation is 1. The second kappa shape index (κ2) is 4.89. The van der Waals surface area contributed by atoms with Gasteiger partial charge in [-0.15, -0.1) is 0 Å². The molecular formula is C14H11FN2O. The molecule has 0 saturated heterocycles. The topological polar surface area (TPSA) is 67.8 Å². The Morgan fingerprint density at radius 1 is 1.28 bits per heavy atom. The van der Waals surface area contributed by atoms with E-state index in [2.05, 4.69) is 0 Å². The second-order valence-electron chi connectivity index (χ2n) is 4.34. The summed E-state index contributed by atoms with van der Waals surface area (Å²) in [6.45, 7) is 0. The number of nitrogens with zero attached hydrogens (tertiary/aromatic N) is 2. The van der Waals surface area contributed by atoms with Crippen LogP contribution in [0, 0.1) is 34.4 Å². The van der Waals surface area contributed by atoms with Crippen molar-refractivity contribution in [1.82, 2.24) is 0 Å². The number of halogens is 1. The number of aliphatic hydroxyl groups excluding tert-OH is 1. The summed E-state index contributed by atoms with van der Waals surface area (Å²) >= 11 is 0. The van der Waals surface area contributed by atoms with Crippen LogP contribution in [0.2, 0.25) is 0 Å². The fourth-order valence-electron chi connectivity index (χ4n) is 2.30. The number of hydrogen-bond donors (Lipinski definition) is 1. The van der Waals surface area contributed by atoms with Crippen LogP contribution >= 0.6 is 0 Å². The maximum atomic E-state index is 13.0. The minimum atomic E-state index is -0.262. The van der Waals surface area contributed by atoms with E-state index in [-0.39, 0.29) is 23.1 Å². The Morgan fingerprint density at radius 2 is 2.00 bits per heavy atom. The van der Waals surface area contributed by atoms with E-state index in [4.69, 9.17) is 10.5 Å². The van der Waals surface area contributed by atoms with E-state index in [1.54, 1.807) is 18.2 Å². The van der Waals surface area contributed by atoms with Gasteiger partial charge in [0.1, 0.15) is 23.7 Å². The molecule has 90 valence electrons. The summed E-state index contributed by atoms with van der Waals surface area (Å²) in [5.41, 5.74) is 1.68. The molecule has 0 amide bonds. The molecule has 0 heterocycles. The van der Waals surface area contributed by atoms with Gasteiger partial charge in [-0.05, 0) is 42.5 Å². The number of benzene rings is 1. The minimum absolute atomic E-state index is 0.144. The van der Waals surface area contributed by atoms with Gasteiger partial charge in [0.15, 0.2) is 5.57 Å². The van der Waals surface area contributed by atoms with Gasteiger partial charge in [-0.25, -0.2) is 4.39 Å². The van der Waals surface area contributed by atoms with Crippen molar-refractivity contribution >= 4 is 0 Å². The van der Waals surface area contributed by atoms with Crippen LogP contribution in [0.1, 0.15) is 17.5 Å². The third kappa shape index (κ3) is 2.19. The normalized spacial score (nSPS) is 17.2. The van der Waals surface area contributed by atoms with Gasteiger partial charge in [-0.2, -0.15) is 10.5 Å². The van der Waals surface area contributed by atoms with Crippen molar-refractivity contribution < 1.29 is 9.50 Å². The molecule has 0 aliphatic heterocycles. The summed E-state index contributed by atoms with van der Waals surface area (Å²) in [5, 5.41) is 27.3. The van der Waals surface area contributed by atoms with E-state index >= 15 is 0 Å². The third-order valence-electron chi connectivity index (χ3n) is 3.26. The number of nitriles is 2. The molecule has 1 aromatic rings. The average molecular weight is 242 g/mol. The summed E-state index contributed by atoms with van der Waals surface area (Å²) in [7, 11) is 0. The first-order chi connectivity index (χ1) is 8.65. The molecule has 0 radical (unpaired) electrons. The molecule has 18 heavy (non-hydrogen) atoms. The molecule has 0 spiro atoms. The van der Waals surface area contributed by atoms with Crippen molar-refractivity contribution in [2.45, 2.75) is 19.3 Å². The van der Waals surface area contributed by atoms with Crippen molar-refractivity contribution in [2.24, 2.45) is 5.92 Å². The lowest BCUT2D eigenvalue weighted by Gasteiger charge is -2.24. The molecule has 1 N–H and O–H groups in total. The van der Waals surface area contributed by atoms with Crippen LogP contribution in [0.5, 0.6) is 0 Å². The number of fused-ring (bicyclic) bond motifs is 1.